The van der Waals surface area contributed by atoms with Crippen molar-refractivity contribution in [3.63, 3.8) is 0 Å². The number of hydrogen-bond donors (Lipinski definition) is 0. The molecule has 0 amide bonds. The van der Waals surface area contributed by atoms with Crippen molar-refractivity contribution in [1.82, 2.24) is 0 Å². The first kappa shape index (κ1) is 21.3. The third-order valence-corrected chi connectivity index (χ3v) is 6.67. The zero-order valence-electron chi connectivity index (χ0n) is 16.9. The summed E-state index contributed by atoms with van der Waals surface area (Å²) in [6.07, 6.45) is 6.39. The molecule has 3 rings (SSSR count). The Hall–Kier alpha value is -1.42. The molecule has 0 radical (unpaired) electrons. The van der Waals surface area contributed by atoms with Gasteiger partial charge in [-0.2, -0.15) is 0 Å². The number of benzene rings is 1. The lowest BCUT2D eigenvalue weighted by atomic mass is 9.68. The minimum atomic E-state index is -1.07. The fourth-order valence-electron chi connectivity index (χ4n) is 4.17. The Morgan fingerprint density at radius 1 is 1.04 bits per heavy atom. The Balaban J connectivity index is 2.15. The first-order valence-corrected chi connectivity index (χ1v) is 10.3. The van der Waals surface area contributed by atoms with Crippen LogP contribution in [0.5, 0.6) is 0 Å². The summed E-state index contributed by atoms with van der Waals surface area (Å²) in [5, 5.41) is 0.636. The average molecular weight is 421 g/mol. The third kappa shape index (κ3) is 3.49. The lowest BCUT2D eigenvalue weighted by Crippen LogP contribution is -2.60. The summed E-state index contributed by atoms with van der Waals surface area (Å²) < 4.78 is 5.83. The molecule has 1 saturated heterocycles. The maximum absolute atomic E-state index is 13.3. The third-order valence-electron chi connectivity index (χ3n) is 5.72. The van der Waals surface area contributed by atoms with E-state index in [9.17, 15) is 9.59 Å². The molecule has 1 aromatic carbocycles. The SMILES string of the molecule is CCC1(Cl)C=CC(c2ccccc2Cl)C=C1C1C(=O)C(C)(C)OC(C)(C)C1=O. The Kier molecular flexibility index (Phi) is 5.42. The monoisotopic (exact) mass is 420 g/mol. The van der Waals surface area contributed by atoms with Gasteiger partial charge in [0.1, 0.15) is 17.1 Å². The van der Waals surface area contributed by atoms with Crippen LogP contribution in [0.1, 0.15) is 52.5 Å². The summed E-state index contributed by atoms with van der Waals surface area (Å²) in [6.45, 7) is 8.80. The van der Waals surface area contributed by atoms with E-state index in [1.165, 1.54) is 0 Å². The van der Waals surface area contributed by atoms with Gasteiger partial charge in [0.05, 0.1) is 4.87 Å². The minimum Gasteiger partial charge on any atom is -0.354 e. The molecule has 0 N–H and O–H groups in total. The second-order valence-electron chi connectivity index (χ2n) is 8.53. The van der Waals surface area contributed by atoms with Gasteiger partial charge in [0.25, 0.3) is 0 Å². The van der Waals surface area contributed by atoms with Crippen molar-refractivity contribution in [2.24, 2.45) is 5.92 Å². The van der Waals surface area contributed by atoms with Crippen LogP contribution in [0.25, 0.3) is 0 Å². The summed E-state index contributed by atoms with van der Waals surface area (Å²) >= 11 is 13.3. The highest BCUT2D eigenvalue weighted by Gasteiger charge is 2.56. The molecule has 0 saturated carbocycles. The number of rotatable bonds is 3. The van der Waals surface area contributed by atoms with E-state index in [0.29, 0.717) is 17.0 Å². The van der Waals surface area contributed by atoms with Gasteiger partial charge in [-0.1, -0.05) is 55.0 Å². The Labute approximate surface area is 176 Å². The predicted octanol–water partition coefficient (Wildman–Crippen LogP) is 5.65. The molecule has 1 heterocycles. The highest BCUT2D eigenvalue weighted by molar-refractivity contribution is 6.31. The fourth-order valence-corrected chi connectivity index (χ4v) is 4.68. The van der Waals surface area contributed by atoms with Crippen LogP contribution < -0.4 is 0 Å². The molecule has 0 spiro atoms. The maximum atomic E-state index is 13.3. The molecule has 5 heteroatoms. The molecular formula is C23H26Cl2O3. The first-order chi connectivity index (χ1) is 12.9. The van der Waals surface area contributed by atoms with Crippen molar-refractivity contribution in [2.45, 2.75) is 63.0 Å². The topological polar surface area (TPSA) is 43.4 Å². The lowest BCUT2D eigenvalue weighted by Gasteiger charge is -2.46. The van der Waals surface area contributed by atoms with Gasteiger partial charge in [-0.3, -0.25) is 9.59 Å². The number of carbonyl (C=O) groups excluding carboxylic acids is 2. The van der Waals surface area contributed by atoms with Crippen LogP contribution in [0, 0.1) is 5.92 Å². The van der Waals surface area contributed by atoms with Crippen molar-refractivity contribution in [1.29, 1.82) is 0 Å². The summed E-state index contributed by atoms with van der Waals surface area (Å²) in [5.41, 5.74) is -0.605. The van der Waals surface area contributed by atoms with E-state index in [1.54, 1.807) is 27.7 Å². The molecule has 150 valence electrons. The van der Waals surface area contributed by atoms with E-state index in [4.69, 9.17) is 27.9 Å². The Bertz CT molecular complexity index is 856. The summed E-state index contributed by atoms with van der Waals surface area (Å²) in [6, 6.07) is 7.57. The van der Waals surface area contributed by atoms with Gasteiger partial charge in [-0.15, -0.1) is 11.6 Å². The molecular weight excluding hydrogens is 395 g/mol. The zero-order valence-corrected chi connectivity index (χ0v) is 18.4. The van der Waals surface area contributed by atoms with Crippen molar-refractivity contribution in [3.05, 3.63) is 58.7 Å². The number of carbonyl (C=O) groups is 2. The number of Topliss-reactive ketones (excluding diaryl/α,β-unsaturated/α-hetero) is 2. The Morgan fingerprint density at radius 2 is 1.61 bits per heavy atom. The normalized spacial score (nSPS) is 29.7. The lowest BCUT2D eigenvalue weighted by molar-refractivity contribution is -0.187. The summed E-state index contributed by atoms with van der Waals surface area (Å²) in [5.74, 6) is -1.60. The van der Waals surface area contributed by atoms with Gasteiger partial charge < -0.3 is 4.74 Å². The molecule has 1 fully saturated rings. The molecule has 3 nitrogen and oxygen atoms in total. The van der Waals surface area contributed by atoms with E-state index in [0.717, 1.165) is 5.56 Å². The quantitative estimate of drug-likeness (QED) is 0.360. The van der Waals surface area contributed by atoms with Crippen LogP contribution in [0.4, 0.5) is 0 Å². The number of halogens is 2. The van der Waals surface area contributed by atoms with E-state index in [-0.39, 0.29) is 17.5 Å². The zero-order chi connectivity index (χ0) is 20.9. The molecule has 2 atom stereocenters. The first-order valence-electron chi connectivity index (χ1n) is 9.56. The number of hydrogen-bond acceptors (Lipinski definition) is 3. The van der Waals surface area contributed by atoms with Crippen LogP contribution in [0.3, 0.4) is 0 Å². The van der Waals surface area contributed by atoms with E-state index in [1.807, 2.05) is 49.4 Å². The van der Waals surface area contributed by atoms with Crippen LogP contribution in [-0.4, -0.2) is 27.6 Å². The van der Waals surface area contributed by atoms with Gasteiger partial charge in [0.15, 0.2) is 11.6 Å². The second-order valence-corrected chi connectivity index (χ2v) is 9.61. The predicted molar refractivity (Wildman–Crippen MR) is 113 cm³/mol. The molecule has 1 aromatic rings. The molecule has 2 aliphatic rings. The summed E-state index contributed by atoms with van der Waals surface area (Å²) in [4.78, 5) is 25.6. The van der Waals surface area contributed by atoms with E-state index in [2.05, 4.69) is 0 Å². The van der Waals surface area contributed by atoms with Crippen molar-refractivity contribution < 1.29 is 14.3 Å². The van der Waals surface area contributed by atoms with Crippen LogP contribution >= 0.6 is 23.2 Å². The highest BCUT2D eigenvalue weighted by atomic mass is 35.5. The van der Waals surface area contributed by atoms with Gasteiger partial charge in [0, 0.05) is 10.9 Å². The number of allylic oxidation sites excluding steroid dienone is 4. The molecule has 0 aromatic heterocycles. The highest BCUT2D eigenvalue weighted by Crippen LogP contribution is 2.47. The van der Waals surface area contributed by atoms with E-state index >= 15 is 0 Å². The van der Waals surface area contributed by atoms with Gasteiger partial charge >= 0.3 is 0 Å². The fraction of sp³-hybridized carbons (Fsp3) is 0.478. The smallest absolute Gasteiger partial charge is 0.178 e. The minimum absolute atomic E-state index is 0.156. The number of ether oxygens (including phenoxy) is 1. The largest absolute Gasteiger partial charge is 0.354 e. The number of alkyl halides is 1. The molecule has 2 unspecified atom stereocenters. The van der Waals surface area contributed by atoms with Crippen molar-refractivity contribution in [3.8, 4) is 0 Å². The maximum Gasteiger partial charge on any atom is 0.178 e. The standard InChI is InChI=1S/C23H26Cl2O3/c1-6-23(25)12-11-14(15-9-7-8-10-17(15)24)13-16(23)18-19(26)21(2,3)28-22(4,5)20(18)27/h7-14,18H,6H2,1-5H3. The molecule has 28 heavy (non-hydrogen) atoms. The van der Waals surface area contributed by atoms with Gasteiger partial charge in [-0.05, 0) is 51.3 Å². The average Bonchev–Trinajstić information content (AvgIpc) is 2.62. The molecule has 1 aliphatic heterocycles. The van der Waals surface area contributed by atoms with Crippen LogP contribution in [0.2, 0.25) is 5.02 Å². The van der Waals surface area contributed by atoms with Crippen LogP contribution in [-0.2, 0) is 14.3 Å². The van der Waals surface area contributed by atoms with E-state index < -0.39 is 22.0 Å². The summed E-state index contributed by atoms with van der Waals surface area (Å²) in [7, 11) is 0. The van der Waals surface area contributed by atoms with Crippen LogP contribution in [0.15, 0.2) is 48.1 Å². The van der Waals surface area contributed by atoms with Gasteiger partial charge in [0.2, 0.25) is 0 Å². The Morgan fingerprint density at radius 3 is 2.14 bits per heavy atom. The van der Waals surface area contributed by atoms with Crippen molar-refractivity contribution in [2.75, 3.05) is 0 Å². The molecule has 0 bridgehead atoms. The number of ketones is 2. The van der Waals surface area contributed by atoms with Crippen molar-refractivity contribution >= 4 is 34.8 Å². The second kappa shape index (κ2) is 7.12. The molecule has 1 aliphatic carbocycles. The van der Waals surface area contributed by atoms with Gasteiger partial charge in [-0.25, -0.2) is 0 Å².